The standard InChI is InChI=1S/C67H129N2O6P/c1-6-8-10-12-14-16-18-20-22-24-25-26-27-28-29-30-31-32-33-34-35-36-37-38-39-40-41-42-43-45-47-49-51-53-55-57-59-61-67(71)68-65(64-75-76(72,73)74-63-62-69(3,4)5)66(70)60-58-56-54-52-50-48-46-44-23-21-19-17-15-13-11-9-7-2/h23-25,44,50,52,58,60,65-66,70H,6-22,26-43,45-49,51,53-57,59,61-64H2,1-5H3,(H-,68,71,72,73)/p+1/b25-24-,44-23+,52-50+,60-58+. The summed E-state index contributed by atoms with van der Waals surface area (Å²) in [6, 6.07) is -0.869. The molecular formula is C67H130N2O6P+. The third-order valence-electron chi connectivity index (χ3n) is 15.0. The van der Waals surface area contributed by atoms with Crippen LogP contribution in [0.2, 0.25) is 0 Å². The van der Waals surface area contributed by atoms with E-state index in [0.29, 0.717) is 17.4 Å². The van der Waals surface area contributed by atoms with Gasteiger partial charge in [0.05, 0.1) is 39.9 Å². The summed E-state index contributed by atoms with van der Waals surface area (Å²) in [5.74, 6) is -0.186. The first-order chi connectivity index (χ1) is 37.0. The zero-order valence-corrected chi connectivity index (χ0v) is 52.2. The number of carbonyl (C=O) groups is 1. The third-order valence-corrected chi connectivity index (χ3v) is 16.0. The maximum atomic E-state index is 13.0. The lowest BCUT2D eigenvalue weighted by Gasteiger charge is -2.25. The zero-order chi connectivity index (χ0) is 55.6. The minimum Gasteiger partial charge on any atom is -0.387 e. The van der Waals surface area contributed by atoms with Crippen LogP contribution in [0.4, 0.5) is 0 Å². The number of quaternary nitrogens is 1. The highest BCUT2D eigenvalue weighted by molar-refractivity contribution is 7.47. The second kappa shape index (κ2) is 58.1. The van der Waals surface area contributed by atoms with Gasteiger partial charge in [0.1, 0.15) is 13.2 Å². The van der Waals surface area contributed by atoms with Crippen LogP contribution in [0.3, 0.4) is 0 Å². The van der Waals surface area contributed by atoms with Gasteiger partial charge >= 0.3 is 7.82 Å². The van der Waals surface area contributed by atoms with Crippen molar-refractivity contribution in [2.45, 2.75) is 334 Å². The van der Waals surface area contributed by atoms with Crippen molar-refractivity contribution in [3.8, 4) is 0 Å². The number of aliphatic hydroxyl groups is 1. The van der Waals surface area contributed by atoms with Gasteiger partial charge in [-0.05, 0) is 70.6 Å². The third kappa shape index (κ3) is 60.1. The fraction of sp³-hybridized carbons (Fsp3) is 0.866. The van der Waals surface area contributed by atoms with Crippen LogP contribution < -0.4 is 5.32 Å². The molecule has 76 heavy (non-hydrogen) atoms. The van der Waals surface area contributed by atoms with Crippen molar-refractivity contribution >= 4 is 13.7 Å². The molecule has 0 spiro atoms. The number of hydrogen-bond donors (Lipinski definition) is 3. The largest absolute Gasteiger partial charge is 0.472 e. The summed E-state index contributed by atoms with van der Waals surface area (Å²) in [5.41, 5.74) is 0. The van der Waals surface area contributed by atoms with E-state index in [9.17, 15) is 19.4 Å². The van der Waals surface area contributed by atoms with Crippen LogP contribution in [0.1, 0.15) is 322 Å². The zero-order valence-electron chi connectivity index (χ0n) is 51.3. The molecule has 0 aromatic heterocycles. The lowest BCUT2D eigenvalue weighted by Crippen LogP contribution is -2.45. The normalized spacial score (nSPS) is 14.0. The SMILES string of the molecule is CCCCCCCCC/C=C/CC/C=C/CC/C=C/C(O)C(COP(=O)(O)OCC[N+](C)(C)C)NC(=O)CCCCCCCCCCCCCCCCCCCCCCCCCCC/C=C\CCCCCCCCCC. The van der Waals surface area contributed by atoms with E-state index in [2.05, 4.69) is 55.6 Å². The average Bonchev–Trinajstić information content (AvgIpc) is 3.38. The van der Waals surface area contributed by atoms with E-state index in [-0.39, 0.29) is 19.1 Å². The van der Waals surface area contributed by atoms with E-state index >= 15 is 0 Å². The summed E-state index contributed by atoms with van der Waals surface area (Å²) in [7, 11) is 1.56. The number of amides is 1. The van der Waals surface area contributed by atoms with Gasteiger partial charge in [-0.1, -0.05) is 294 Å². The molecule has 0 aliphatic rings. The molecule has 9 heteroatoms. The predicted molar refractivity (Wildman–Crippen MR) is 332 cm³/mol. The lowest BCUT2D eigenvalue weighted by molar-refractivity contribution is -0.870. The molecule has 0 aromatic carbocycles. The number of rotatable bonds is 61. The Labute approximate surface area is 473 Å². The number of unbranched alkanes of at least 4 members (excludes halogenated alkanes) is 42. The number of carbonyl (C=O) groups excluding carboxylic acids is 1. The van der Waals surface area contributed by atoms with Gasteiger partial charge in [0.2, 0.25) is 5.91 Å². The van der Waals surface area contributed by atoms with E-state index in [1.807, 2.05) is 27.2 Å². The Morgan fingerprint density at radius 2 is 0.724 bits per heavy atom. The second-order valence-electron chi connectivity index (χ2n) is 23.8. The lowest BCUT2D eigenvalue weighted by atomic mass is 10.0. The molecule has 0 saturated carbocycles. The smallest absolute Gasteiger partial charge is 0.387 e. The molecule has 0 bridgehead atoms. The molecule has 0 aliphatic heterocycles. The number of likely N-dealkylation sites (N-methyl/N-ethyl adjacent to an activating group) is 1. The molecule has 0 saturated heterocycles. The average molecular weight is 1090 g/mol. The van der Waals surface area contributed by atoms with Crippen molar-refractivity contribution in [2.24, 2.45) is 0 Å². The van der Waals surface area contributed by atoms with Gasteiger partial charge in [-0.25, -0.2) is 4.57 Å². The fourth-order valence-electron chi connectivity index (χ4n) is 9.84. The Bertz CT molecular complexity index is 1380. The van der Waals surface area contributed by atoms with Crippen molar-refractivity contribution < 1.29 is 32.9 Å². The highest BCUT2D eigenvalue weighted by Crippen LogP contribution is 2.43. The molecule has 448 valence electrons. The van der Waals surface area contributed by atoms with Gasteiger partial charge in [0, 0.05) is 6.42 Å². The molecule has 8 nitrogen and oxygen atoms in total. The number of nitrogens with one attached hydrogen (secondary N) is 1. The monoisotopic (exact) mass is 1090 g/mol. The molecule has 3 atom stereocenters. The van der Waals surface area contributed by atoms with Gasteiger partial charge in [-0.15, -0.1) is 0 Å². The maximum absolute atomic E-state index is 13.0. The van der Waals surface area contributed by atoms with Crippen molar-refractivity contribution in [1.29, 1.82) is 0 Å². The van der Waals surface area contributed by atoms with Crippen molar-refractivity contribution in [2.75, 3.05) is 40.9 Å². The Hall–Kier alpha value is -1.54. The van der Waals surface area contributed by atoms with Crippen LogP contribution in [0, 0.1) is 0 Å². The van der Waals surface area contributed by atoms with Crippen molar-refractivity contribution in [3.63, 3.8) is 0 Å². The molecule has 0 fully saturated rings. The van der Waals surface area contributed by atoms with Gasteiger partial charge < -0.3 is 19.8 Å². The number of nitrogens with zero attached hydrogens (tertiary/aromatic N) is 1. The van der Waals surface area contributed by atoms with E-state index < -0.39 is 20.0 Å². The molecule has 1 amide bonds. The highest BCUT2D eigenvalue weighted by Gasteiger charge is 2.28. The summed E-state index contributed by atoms with van der Waals surface area (Å²) in [5, 5.41) is 13.9. The van der Waals surface area contributed by atoms with Gasteiger partial charge in [-0.3, -0.25) is 13.8 Å². The van der Waals surface area contributed by atoms with Crippen LogP contribution in [-0.4, -0.2) is 73.4 Å². The Balaban J connectivity index is 3.97. The molecule has 0 rings (SSSR count). The molecule has 0 aromatic rings. The van der Waals surface area contributed by atoms with Crippen molar-refractivity contribution in [1.82, 2.24) is 5.32 Å². The summed E-state index contributed by atoms with van der Waals surface area (Å²) >= 11 is 0. The molecule has 0 heterocycles. The predicted octanol–water partition coefficient (Wildman–Crippen LogP) is 20.7. The summed E-state index contributed by atoms with van der Waals surface area (Å²) in [4.78, 5) is 23.3. The highest BCUT2D eigenvalue weighted by atomic mass is 31.2. The molecule has 3 unspecified atom stereocenters. The number of hydrogen-bond acceptors (Lipinski definition) is 5. The first kappa shape index (κ1) is 74.5. The van der Waals surface area contributed by atoms with E-state index in [1.165, 1.54) is 257 Å². The summed E-state index contributed by atoms with van der Waals surface area (Å²) in [6.07, 6.45) is 78.4. The number of allylic oxidation sites excluding steroid dienone is 7. The van der Waals surface area contributed by atoms with Crippen LogP contribution in [0.5, 0.6) is 0 Å². The Morgan fingerprint density at radius 1 is 0.434 bits per heavy atom. The fourth-order valence-corrected chi connectivity index (χ4v) is 10.6. The minimum atomic E-state index is -4.36. The van der Waals surface area contributed by atoms with E-state index in [1.54, 1.807) is 6.08 Å². The van der Waals surface area contributed by atoms with Crippen LogP contribution >= 0.6 is 7.82 Å². The minimum absolute atomic E-state index is 0.0544. The summed E-state index contributed by atoms with van der Waals surface area (Å²) in [6.45, 7) is 4.81. The van der Waals surface area contributed by atoms with E-state index in [4.69, 9.17) is 9.05 Å². The molecule has 0 aliphatic carbocycles. The Kier molecular flexibility index (Phi) is 56.9. The van der Waals surface area contributed by atoms with Crippen LogP contribution in [-0.2, 0) is 18.4 Å². The first-order valence-electron chi connectivity index (χ1n) is 33.0. The number of aliphatic hydroxyl groups excluding tert-OH is 1. The van der Waals surface area contributed by atoms with Crippen molar-refractivity contribution in [3.05, 3.63) is 48.6 Å². The molecule has 0 radical (unpaired) electrons. The Morgan fingerprint density at radius 3 is 1.05 bits per heavy atom. The van der Waals surface area contributed by atoms with Gasteiger partial charge in [-0.2, -0.15) is 0 Å². The number of phosphoric ester groups is 1. The first-order valence-corrected chi connectivity index (χ1v) is 34.5. The topological polar surface area (TPSA) is 105 Å². The maximum Gasteiger partial charge on any atom is 0.472 e. The van der Waals surface area contributed by atoms with Gasteiger partial charge in [0.25, 0.3) is 0 Å². The van der Waals surface area contributed by atoms with Crippen LogP contribution in [0.25, 0.3) is 0 Å². The molecular weight excluding hydrogens is 960 g/mol. The molecule has 3 N–H and O–H groups in total. The quantitative estimate of drug-likeness (QED) is 0.0243. The summed E-state index contributed by atoms with van der Waals surface area (Å²) < 4.78 is 23.7. The number of phosphoric acid groups is 1. The second-order valence-corrected chi connectivity index (χ2v) is 25.3. The van der Waals surface area contributed by atoms with Gasteiger partial charge in [0.15, 0.2) is 0 Å². The van der Waals surface area contributed by atoms with E-state index in [0.717, 1.165) is 44.9 Å². The van der Waals surface area contributed by atoms with Crippen LogP contribution in [0.15, 0.2) is 48.6 Å².